The molecule has 0 saturated heterocycles. The highest BCUT2D eigenvalue weighted by Gasteiger charge is 2.09. The predicted molar refractivity (Wildman–Crippen MR) is 82.3 cm³/mol. The zero-order chi connectivity index (χ0) is 13.1. The lowest BCUT2D eigenvalue weighted by Gasteiger charge is -2.12. The van der Waals surface area contributed by atoms with Crippen molar-refractivity contribution in [2.45, 2.75) is 33.6 Å². The van der Waals surface area contributed by atoms with Crippen LogP contribution in [0, 0.1) is 6.92 Å². The van der Waals surface area contributed by atoms with Crippen LogP contribution in [0.25, 0.3) is 10.9 Å². The number of aryl methyl sites for hydroxylation is 2. The van der Waals surface area contributed by atoms with E-state index in [2.05, 4.69) is 60.2 Å². The van der Waals surface area contributed by atoms with Crippen molar-refractivity contribution in [2.24, 2.45) is 0 Å². The normalized spacial score (nSPS) is 10.9. The number of hydrogen-bond acceptors (Lipinski definition) is 2. The third-order valence-electron chi connectivity index (χ3n) is 3.06. The van der Waals surface area contributed by atoms with E-state index in [9.17, 15) is 0 Å². The van der Waals surface area contributed by atoms with Gasteiger partial charge in [-0.2, -0.15) is 0 Å². The molecule has 0 atom stereocenters. The summed E-state index contributed by atoms with van der Waals surface area (Å²) < 4.78 is 1.10. The Balaban J connectivity index is 2.64. The third-order valence-corrected chi connectivity index (χ3v) is 4.06. The lowest BCUT2D eigenvalue weighted by atomic mass is 10.1. The molecule has 0 bridgehead atoms. The van der Waals surface area contributed by atoms with Gasteiger partial charge in [0.1, 0.15) is 5.82 Å². The fourth-order valence-electron chi connectivity index (χ4n) is 2.13. The summed E-state index contributed by atoms with van der Waals surface area (Å²) in [6.07, 6.45) is 2.20. The van der Waals surface area contributed by atoms with Crippen molar-refractivity contribution in [3.63, 3.8) is 0 Å². The Hall–Kier alpha value is -1.09. The molecule has 0 aliphatic heterocycles. The van der Waals surface area contributed by atoms with Gasteiger partial charge in [0.2, 0.25) is 0 Å². The van der Waals surface area contributed by atoms with Gasteiger partial charge in [-0.25, -0.2) is 4.98 Å². The first-order valence-electron chi connectivity index (χ1n) is 6.50. The van der Waals surface area contributed by atoms with E-state index in [0.717, 1.165) is 35.2 Å². The van der Waals surface area contributed by atoms with E-state index in [0.29, 0.717) is 0 Å². The minimum atomic E-state index is 0.901. The topological polar surface area (TPSA) is 24.9 Å². The number of nitrogens with one attached hydrogen (secondary N) is 1. The molecule has 2 nitrogen and oxygen atoms in total. The summed E-state index contributed by atoms with van der Waals surface area (Å²) in [5, 5.41) is 4.57. The maximum absolute atomic E-state index is 4.79. The van der Waals surface area contributed by atoms with Crippen LogP contribution in [0.3, 0.4) is 0 Å². The lowest BCUT2D eigenvalue weighted by molar-refractivity contribution is 0.916. The van der Waals surface area contributed by atoms with E-state index in [1.807, 2.05) is 0 Å². The van der Waals surface area contributed by atoms with Gasteiger partial charge in [-0.15, -0.1) is 0 Å². The molecular weight excluding hydrogens is 288 g/mol. The Kier molecular flexibility index (Phi) is 4.23. The van der Waals surface area contributed by atoms with Gasteiger partial charge in [-0.3, -0.25) is 0 Å². The highest BCUT2D eigenvalue weighted by Crippen LogP contribution is 2.29. The number of anilines is 1. The zero-order valence-electron chi connectivity index (χ0n) is 11.2. The number of pyridine rings is 1. The van der Waals surface area contributed by atoms with Crippen LogP contribution in [0.5, 0.6) is 0 Å². The summed E-state index contributed by atoms with van der Waals surface area (Å²) in [5.41, 5.74) is 3.58. The van der Waals surface area contributed by atoms with Gasteiger partial charge in [-0.05, 0) is 53.4 Å². The average Bonchev–Trinajstić information content (AvgIpc) is 2.36. The molecule has 0 spiro atoms. The molecular formula is C15H19BrN2. The van der Waals surface area contributed by atoms with Crippen LogP contribution in [-0.2, 0) is 6.42 Å². The van der Waals surface area contributed by atoms with Crippen LogP contribution in [0.4, 0.5) is 5.82 Å². The van der Waals surface area contributed by atoms with Crippen LogP contribution >= 0.6 is 15.9 Å². The van der Waals surface area contributed by atoms with E-state index in [-0.39, 0.29) is 0 Å². The number of aromatic nitrogens is 1. The molecule has 0 amide bonds. The summed E-state index contributed by atoms with van der Waals surface area (Å²) >= 11 is 3.64. The summed E-state index contributed by atoms with van der Waals surface area (Å²) in [6.45, 7) is 7.30. The van der Waals surface area contributed by atoms with E-state index < -0.39 is 0 Å². The summed E-state index contributed by atoms with van der Waals surface area (Å²) in [5.74, 6) is 1.03. The SMILES string of the molecule is CCCc1cc2ccc(C)c(Br)c2nc1NCC. The largest absolute Gasteiger partial charge is 0.370 e. The molecule has 1 aromatic carbocycles. The van der Waals surface area contributed by atoms with Gasteiger partial charge in [-0.1, -0.05) is 25.5 Å². The minimum Gasteiger partial charge on any atom is -0.370 e. The molecule has 0 fully saturated rings. The molecule has 0 aliphatic rings. The smallest absolute Gasteiger partial charge is 0.129 e. The maximum atomic E-state index is 4.79. The molecule has 2 rings (SSSR count). The van der Waals surface area contributed by atoms with Crippen molar-refractivity contribution < 1.29 is 0 Å². The van der Waals surface area contributed by atoms with Crippen LogP contribution in [0.2, 0.25) is 0 Å². The monoisotopic (exact) mass is 306 g/mol. The molecule has 18 heavy (non-hydrogen) atoms. The van der Waals surface area contributed by atoms with Crippen molar-refractivity contribution in [1.29, 1.82) is 0 Å². The summed E-state index contributed by atoms with van der Waals surface area (Å²) in [4.78, 5) is 4.79. The van der Waals surface area contributed by atoms with Crippen LogP contribution < -0.4 is 5.32 Å². The van der Waals surface area contributed by atoms with Crippen molar-refractivity contribution >= 4 is 32.7 Å². The second kappa shape index (κ2) is 5.70. The molecule has 1 N–H and O–H groups in total. The number of halogens is 1. The Labute approximate surface area is 117 Å². The second-order valence-electron chi connectivity index (χ2n) is 4.54. The summed E-state index contributed by atoms with van der Waals surface area (Å²) in [6, 6.07) is 6.54. The van der Waals surface area contributed by atoms with Crippen LogP contribution in [0.1, 0.15) is 31.4 Å². The number of benzene rings is 1. The molecule has 2 aromatic rings. The predicted octanol–water partition coefficient (Wildman–Crippen LogP) is 4.69. The number of fused-ring (bicyclic) bond motifs is 1. The minimum absolute atomic E-state index is 0.901. The highest BCUT2D eigenvalue weighted by atomic mass is 79.9. The van der Waals surface area contributed by atoms with Crippen molar-refractivity contribution in [2.75, 3.05) is 11.9 Å². The number of rotatable bonds is 4. The Morgan fingerprint density at radius 3 is 2.72 bits per heavy atom. The van der Waals surface area contributed by atoms with Gasteiger partial charge in [0.15, 0.2) is 0 Å². The Morgan fingerprint density at radius 1 is 1.28 bits per heavy atom. The molecule has 0 radical (unpaired) electrons. The molecule has 1 heterocycles. The number of hydrogen-bond donors (Lipinski definition) is 1. The molecule has 96 valence electrons. The van der Waals surface area contributed by atoms with Gasteiger partial charge in [0, 0.05) is 16.4 Å². The van der Waals surface area contributed by atoms with E-state index >= 15 is 0 Å². The lowest BCUT2D eigenvalue weighted by Crippen LogP contribution is -2.04. The first-order valence-corrected chi connectivity index (χ1v) is 7.29. The molecule has 0 aliphatic carbocycles. The van der Waals surface area contributed by atoms with Gasteiger partial charge >= 0.3 is 0 Å². The van der Waals surface area contributed by atoms with E-state index in [1.165, 1.54) is 16.5 Å². The number of nitrogens with zero attached hydrogens (tertiary/aromatic N) is 1. The first-order chi connectivity index (χ1) is 8.67. The molecule has 0 saturated carbocycles. The maximum Gasteiger partial charge on any atom is 0.129 e. The van der Waals surface area contributed by atoms with Gasteiger partial charge in [0.25, 0.3) is 0 Å². The Bertz CT molecular complexity index is 564. The first kappa shape index (κ1) is 13.3. The summed E-state index contributed by atoms with van der Waals surface area (Å²) in [7, 11) is 0. The van der Waals surface area contributed by atoms with Crippen molar-refractivity contribution in [3.8, 4) is 0 Å². The standard InChI is InChI=1S/C15H19BrN2/c1-4-6-12-9-11-8-7-10(3)13(16)14(11)18-15(12)17-5-2/h7-9H,4-6H2,1-3H3,(H,17,18). The zero-order valence-corrected chi connectivity index (χ0v) is 12.8. The van der Waals surface area contributed by atoms with Gasteiger partial charge in [0.05, 0.1) is 5.52 Å². The fourth-order valence-corrected chi connectivity index (χ4v) is 2.58. The Morgan fingerprint density at radius 2 is 2.06 bits per heavy atom. The molecule has 1 aromatic heterocycles. The van der Waals surface area contributed by atoms with Gasteiger partial charge < -0.3 is 5.32 Å². The average molecular weight is 307 g/mol. The third kappa shape index (κ3) is 2.51. The second-order valence-corrected chi connectivity index (χ2v) is 5.34. The van der Waals surface area contributed by atoms with E-state index in [4.69, 9.17) is 4.98 Å². The van der Waals surface area contributed by atoms with Crippen LogP contribution in [-0.4, -0.2) is 11.5 Å². The quantitative estimate of drug-likeness (QED) is 0.886. The fraction of sp³-hybridized carbons (Fsp3) is 0.400. The van der Waals surface area contributed by atoms with E-state index in [1.54, 1.807) is 0 Å². The van der Waals surface area contributed by atoms with Crippen molar-refractivity contribution in [1.82, 2.24) is 4.98 Å². The molecule has 0 unspecified atom stereocenters. The van der Waals surface area contributed by atoms with Crippen molar-refractivity contribution in [3.05, 3.63) is 33.8 Å². The highest BCUT2D eigenvalue weighted by molar-refractivity contribution is 9.10. The van der Waals surface area contributed by atoms with Crippen LogP contribution in [0.15, 0.2) is 22.7 Å². The molecule has 3 heteroatoms.